The van der Waals surface area contributed by atoms with Crippen molar-refractivity contribution >= 4 is 29.3 Å². The number of aryl methyl sites for hydroxylation is 1. The molecule has 7 heteroatoms. The molecular weight excluding hydrogens is 318 g/mol. The van der Waals surface area contributed by atoms with Crippen LogP contribution in [0.2, 0.25) is 5.02 Å². The molecule has 0 spiro atoms. The van der Waals surface area contributed by atoms with E-state index in [-0.39, 0.29) is 18.5 Å². The fourth-order valence-electron chi connectivity index (χ4n) is 2.43. The Morgan fingerprint density at radius 1 is 1.26 bits per heavy atom. The lowest BCUT2D eigenvalue weighted by atomic mass is 10.2. The summed E-state index contributed by atoms with van der Waals surface area (Å²) < 4.78 is 4.98. The molecule has 0 radical (unpaired) electrons. The minimum atomic E-state index is -0.289. The van der Waals surface area contributed by atoms with Gasteiger partial charge in [0.15, 0.2) is 0 Å². The number of rotatable bonds is 4. The van der Waals surface area contributed by atoms with Crippen LogP contribution in [-0.4, -0.2) is 61.1 Å². The Morgan fingerprint density at radius 3 is 2.61 bits per heavy atom. The van der Waals surface area contributed by atoms with Gasteiger partial charge in [0.25, 0.3) is 0 Å². The number of halogens is 1. The van der Waals surface area contributed by atoms with Gasteiger partial charge < -0.3 is 15.0 Å². The molecule has 1 N–H and O–H groups in total. The summed E-state index contributed by atoms with van der Waals surface area (Å²) in [5.74, 6) is -0.109. The lowest BCUT2D eigenvalue weighted by Crippen LogP contribution is -2.50. The van der Waals surface area contributed by atoms with Gasteiger partial charge in [0.2, 0.25) is 5.91 Å². The molecule has 126 valence electrons. The summed E-state index contributed by atoms with van der Waals surface area (Å²) in [5.41, 5.74) is 1.66. The van der Waals surface area contributed by atoms with Gasteiger partial charge in [-0.3, -0.25) is 9.69 Å². The summed E-state index contributed by atoms with van der Waals surface area (Å²) in [4.78, 5) is 27.4. The Morgan fingerprint density at radius 2 is 1.96 bits per heavy atom. The molecule has 0 aromatic heterocycles. The summed E-state index contributed by atoms with van der Waals surface area (Å²) in [6.07, 6.45) is -0.289. The van der Waals surface area contributed by atoms with Crippen LogP contribution in [0.5, 0.6) is 0 Å². The highest BCUT2D eigenvalue weighted by Gasteiger charge is 2.23. The molecule has 0 aliphatic carbocycles. The van der Waals surface area contributed by atoms with Crippen molar-refractivity contribution in [3.05, 3.63) is 28.8 Å². The molecule has 1 aliphatic rings. The first kappa shape index (κ1) is 17.6. The number of amides is 2. The third-order valence-electron chi connectivity index (χ3n) is 3.66. The zero-order valence-electron chi connectivity index (χ0n) is 13.5. The molecule has 2 rings (SSSR count). The predicted molar refractivity (Wildman–Crippen MR) is 89.9 cm³/mol. The van der Waals surface area contributed by atoms with Crippen LogP contribution in [0.3, 0.4) is 0 Å². The van der Waals surface area contributed by atoms with Gasteiger partial charge in [-0.05, 0) is 31.5 Å². The Bertz CT molecular complexity index is 572. The first-order chi connectivity index (χ1) is 11.0. The lowest BCUT2D eigenvalue weighted by molar-refractivity contribution is -0.117. The number of carbonyl (C=O) groups excluding carboxylic acids is 2. The van der Waals surface area contributed by atoms with E-state index in [2.05, 4.69) is 5.32 Å². The largest absolute Gasteiger partial charge is 0.450 e. The van der Waals surface area contributed by atoms with Gasteiger partial charge in [-0.1, -0.05) is 17.7 Å². The van der Waals surface area contributed by atoms with E-state index in [0.717, 1.165) is 5.56 Å². The number of piperazine rings is 1. The number of carbonyl (C=O) groups is 2. The van der Waals surface area contributed by atoms with Gasteiger partial charge in [0.05, 0.1) is 23.9 Å². The number of nitrogens with zero attached hydrogens (tertiary/aromatic N) is 2. The maximum atomic E-state index is 12.1. The van der Waals surface area contributed by atoms with Gasteiger partial charge in [-0.2, -0.15) is 0 Å². The average molecular weight is 340 g/mol. The molecule has 6 nitrogen and oxygen atoms in total. The summed E-state index contributed by atoms with van der Waals surface area (Å²) >= 11 is 6.08. The third kappa shape index (κ3) is 5.11. The first-order valence-electron chi connectivity index (χ1n) is 7.69. The van der Waals surface area contributed by atoms with Crippen LogP contribution < -0.4 is 5.32 Å². The highest BCUT2D eigenvalue weighted by atomic mass is 35.5. The fraction of sp³-hybridized carbons (Fsp3) is 0.500. The topological polar surface area (TPSA) is 61.9 Å². The number of hydrogen-bond donors (Lipinski definition) is 1. The molecule has 2 amide bonds. The molecule has 23 heavy (non-hydrogen) atoms. The van der Waals surface area contributed by atoms with E-state index >= 15 is 0 Å². The molecule has 1 heterocycles. The molecule has 1 aromatic carbocycles. The molecule has 1 aliphatic heterocycles. The fourth-order valence-corrected chi connectivity index (χ4v) is 2.60. The van der Waals surface area contributed by atoms with Crippen LogP contribution in [0.25, 0.3) is 0 Å². The summed E-state index contributed by atoms with van der Waals surface area (Å²) in [7, 11) is 0. The second kappa shape index (κ2) is 8.17. The van der Waals surface area contributed by atoms with Crippen LogP contribution in [0.1, 0.15) is 12.5 Å². The Balaban J connectivity index is 1.81. The van der Waals surface area contributed by atoms with Crippen molar-refractivity contribution in [2.75, 3.05) is 44.6 Å². The summed E-state index contributed by atoms with van der Waals surface area (Å²) in [6, 6.07) is 5.51. The highest BCUT2D eigenvalue weighted by molar-refractivity contribution is 6.33. The Kier molecular flexibility index (Phi) is 6.24. The van der Waals surface area contributed by atoms with Crippen LogP contribution in [0, 0.1) is 6.92 Å². The molecule has 0 saturated carbocycles. The van der Waals surface area contributed by atoms with Gasteiger partial charge in [0, 0.05) is 26.2 Å². The molecule has 1 fully saturated rings. The van der Waals surface area contributed by atoms with Gasteiger partial charge in [-0.25, -0.2) is 4.79 Å². The maximum absolute atomic E-state index is 12.1. The van der Waals surface area contributed by atoms with Crippen molar-refractivity contribution in [3.8, 4) is 0 Å². The highest BCUT2D eigenvalue weighted by Crippen LogP contribution is 2.22. The third-order valence-corrected chi connectivity index (χ3v) is 3.99. The quantitative estimate of drug-likeness (QED) is 0.914. The van der Waals surface area contributed by atoms with E-state index < -0.39 is 0 Å². The van der Waals surface area contributed by atoms with Crippen molar-refractivity contribution < 1.29 is 14.3 Å². The molecule has 1 saturated heterocycles. The summed E-state index contributed by atoms with van der Waals surface area (Å²) in [6.45, 7) is 6.81. The minimum Gasteiger partial charge on any atom is -0.450 e. The van der Waals surface area contributed by atoms with Crippen molar-refractivity contribution in [3.63, 3.8) is 0 Å². The van der Waals surface area contributed by atoms with E-state index in [0.29, 0.717) is 43.5 Å². The Labute approximate surface area is 141 Å². The Hall–Kier alpha value is -1.79. The number of benzene rings is 1. The van der Waals surface area contributed by atoms with Gasteiger partial charge in [-0.15, -0.1) is 0 Å². The average Bonchev–Trinajstić information content (AvgIpc) is 2.52. The summed E-state index contributed by atoms with van der Waals surface area (Å²) in [5, 5.41) is 3.36. The van der Waals surface area contributed by atoms with Gasteiger partial charge in [0.1, 0.15) is 0 Å². The van der Waals surface area contributed by atoms with Crippen molar-refractivity contribution in [2.24, 2.45) is 0 Å². The zero-order valence-corrected chi connectivity index (χ0v) is 14.2. The molecule has 0 bridgehead atoms. The molecular formula is C16H22ClN3O3. The van der Waals surface area contributed by atoms with Gasteiger partial charge >= 0.3 is 6.09 Å². The lowest BCUT2D eigenvalue weighted by Gasteiger charge is -2.33. The molecule has 0 unspecified atom stereocenters. The van der Waals surface area contributed by atoms with E-state index in [1.807, 2.05) is 24.0 Å². The first-order valence-corrected chi connectivity index (χ1v) is 8.07. The van der Waals surface area contributed by atoms with Crippen LogP contribution in [-0.2, 0) is 9.53 Å². The van der Waals surface area contributed by atoms with Crippen molar-refractivity contribution in [1.82, 2.24) is 9.80 Å². The normalized spacial score (nSPS) is 15.3. The van der Waals surface area contributed by atoms with Crippen molar-refractivity contribution in [1.29, 1.82) is 0 Å². The monoisotopic (exact) mass is 339 g/mol. The van der Waals surface area contributed by atoms with Crippen LogP contribution >= 0.6 is 11.6 Å². The minimum absolute atomic E-state index is 0.109. The van der Waals surface area contributed by atoms with Crippen molar-refractivity contribution in [2.45, 2.75) is 13.8 Å². The maximum Gasteiger partial charge on any atom is 0.409 e. The number of nitrogens with one attached hydrogen (secondary N) is 1. The number of anilines is 1. The number of ether oxygens (including phenoxy) is 1. The predicted octanol–water partition coefficient (Wildman–Crippen LogP) is 2.36. The van der Waals surface area contributed by atoms with E-state index in [1.54, 1.807) is 17.9 Å². The second-order valence-corrected chi connectivity index (χ2v) is 5.90. The van der Waals surface area contributed by atoms with E-state index in [9.17, 15) is 9.59 Å². The van der Waals surface area contributed by atoms with E-state index in [4.69, 9.17) is 16.3 Å². The zero-order chi connectivity index (χ0) is 16.8. The van der Waals surface area contributed by atoms with Crippen LogP contribution in [0.4, 0.5) is 10.5 Å². The standard InChI is InChI=1S/C16H22ClN3O3/c1-3-23-16(22)20-8-6-19(7-9-20)11-15(21)18-14-10-12(2)4-5-13(14)17/h4-5,10H,3,6-9,11H2,1-2H3,(H,18,21). The van der Waals surface area contributed by atoms with E-state index in [1.165, 1.54) is 0 Å². The second-order valence-electron chi connectivity index (χ2n) is 5.49. The molecule has 1 aromatic rings. The smallest absolute Gasteiger partial charge is 0.409 e. The number of hydrogen-bond acceptors (Lipinski definition) is 4. The SMILES string of the molecule is CCOC(=O)N1CCN(CC(=O)Nc2cc(C)ccc2Cl)CC1. The molecule has 0 atom stereocenters. The van der Waals surface area contributed by atoms with Crippen LogP contribution in [0.15, 0.2) is 18.2 Å².